The fourth-order valence-electron chi connectivity index (χ4n) is 2.68. The van der Waals surface area contributed by atoms with Gasteiger partial charge in [-0.2, -0.15) is 0 Å². The predicted molar refractivity (Wildman–Crippen MR) is 86.7 cm³/mol. The molecule has 1 heterocycles. The van der Waals surface area contributed by atoms with Crippen LogP contribution < -0.4 is 5.73 Å². The van der Waals surface area contributed by atoms with Crippen LogP contribution in [-0.2, 0) is 4.74 Å². The van der Waals surface area contributed by atoms with Crippen molar-refractivity contribution >= 4 is 16.9 Å². The van der Waals surface area contributed by atoms with Crippen molar-refractivity contribution in [1.29, 1.82) is 0 Å². The number of ether oxygens (including phenoxy) is 1. The number of aromatic nitrogens is 1. The fourth-order valence-corrected chi connectivity index (χ4v) is 2.68. The first-order valence-corrected chi connectivity index (χ1v) is 7.30. The van der Waals surface area contributed by atoms with E-state index in [9.17, 15) is 4.79 Å². The minimum atomic E-state index is -0.392. The van der Waals surface area contributed by atoms with Gasteiger partial charge in [0.2, 0.25) is 0 Å². The first-order chi connectivity index (χ1) is 10.7. The van der Waals surface area contributed by atoms with E-state index >= 15 is 0 Å². The molecule has 3 rings (SSSR count). The monoisotopic (exact) mass is 294 g/mol. The molecule has 112 valence electrons. The number of fused-ring (bicyclic) bond motifs is 1. The SMILES string of the molecule is CCOC(=O)c1[nH]c2ccccc2c1C(N)c1ccccc1. The highest BCUT2D eigenvalue weighted by Gasteiger charge is 2.24. The Morgan fingerprint density at radius 1 is 1.14 bits per heavy atom. The molecule has 4 heteroatoms. The molecule has 0 amide bonds. The van der Waals surface area contributed by atoms with Gasteiger partial charge in [-0.15, -0.1) is 0 Å². The van der Waals surface area contributed by atoms with Crippen LogP contribution in [0.2, 0.25) is 0 Å². The largest absolute Gasteiger partial charge is 0.461 e. The quantitative estimate of drug-likeness (QED) is 0.725. The number of nitrogens with one attached hydrogen (secondary N) is 1. The van der Waals surface area contributed by atoms with Gasteiger partial charge in [0.25, 0.3) is 0 Å². The predicted octanol–water partition coefficient (Wildman–Crippen LogP) is 3.39. The second-order valence-corrected chi connectivity index (χ2v) is 5.07. The van der Waals surface area contributed by atoms with Crippen molar-refractivity contribution in [2.45, 2.75) is 13.0 Å². The zero-order valence-corrected chi connectivity index (χ0v) is 12.4. The summed E-state index contributed by atoms with van der Waals surface area (Å²) in [5.74, 6) is -0.375. The number of carbonyl (C=O) groups is 1. The second kappa shape index (κ2) is 6.03. The zero-order valence-electron chi connectivity index (χ0n) is 12.4. The summed E-state index contributed by atoms with van der Waals surface area (Å²) in [6.45, 7) is 2.12. The van der Waals surface area contributed by atoms with E-state index in [2.05, 4.69) is 4.98 Å². The Kier molecular flexibility index (Phi) is 3.94. The van der Waals surface area contributed by atoms with Gasteiger partial charge in [0, 0.05) is 16.5 Å². The number of aromatic amines is 1. The molecule has 1 aromatic heterocycles. The van der Waals surface area contributed by atoms with Crippen molar-refractivity contribution in [3.05, 3.63) is 71.4 Å². The number of hydrogen-bond acceptors (Lipinski definition) is 3. The molecule has 1 atom stereocenters. The Balaban J connectivity index is 2.17. The summed E-state index contributed by atoms with van der Waals surface area (Å²) >= 11 is 0. The molecule has 0 aliphatic carbocycles. The van der Waals surface area contributed by atoms with Crippen LogP contribution in [0, 0.1) is 0 Å². The summed E-state index contributed by atoms with van der Waals surface area (Å²) in [6.07, 6.45) is 0. The van der Waals surface area contributed by atoms with Crippen molar-refractivity contribution in [2.75, 3.05) is 6.61 Å². The number of esters is 1. The lowest BCUT2D eigenvalue weighted by molar-refractivity contribution is 0.0519. The van der Waals surface area contributed by atoms with E-state index in [4.69, 9.17) is 10.5 Å². The van der Waals surface area contributed by atoms with Crippen LogP contribution in [0.5, 0.6) is 0 Å². The van der Waals surface area contributed by atoms with E-state index in [0.29, 0.717) is 12.3 Å². The maximum absolute atomic E-state index is 12.3. The first-order valence-electron chi connectivity index (χ1n) is 7.30. The van der Waals surface area contributed by atoms with Crippen LogP contribution in [0.3, 0.4) is 0 Å². The highest BCUT2D eigenvalue weighted by Crippen LogP contribution is 2.31. The van der Waals surface area contributed by atoms with Crippen LogP contribution in [-0.4, -0.2) is 17.6 Å². The molecule has 22 heavy (non-hydrogen) atoms. The maximum Gasteiger partial charge on any atom is 0.355 e. The van der Waals surface area contributed by atoms with Gasteiger partial charge in [-0.05, 0) is 18.6 Å². The van der Waals surface area contributed by atoms with Crippen LogP contribution in [0.1, 0.15) is 34.6 Å². The molecular weight excluding hydrogens is 276 g/mol. The Labute approximate surface area is 128 Å². The van der Waals surface area contributed by atoms with Crippen LogP contribution in [0.25, 0.3) is 10.9 Å². The van der Waals surface area contributed by atoms with Crippen molar-refractivity contribution in [3.8, 4) is 0 Å². The number of rotatable bonds is 4. The topological polar surface area (TPSA) is 68.1 Å². The van der Waals surface area contributed by atoms with E-state index in [0.717, 1.165) is 22.0 Å². The molecule has 0 aliphatic heterocycles. The molecule has 0 spiro atoms. The van der Waals surface area contributed by atoms with E-state index in [1.165, 1.54) is 0 Å². The van der Waals surface area contributed by atoms with Gasteiger partial charge in [-0.3, -0.25) is 0 Å². The summed E-state index contributed by atoms with van der Waals surface area (Å²) < 4.78 is 5.16. The molecule has 2 aromatic carbocycles. The number of carbonyl (C=O) groups excluding carboxylic acids is 1. The van der Waals surface area contributed by atoms with Gasteiger partial charge >= 0.3 is 5.97 Å². The van der Waals surface area contributed by atoms with Gasteiger partial charge < -0.3 is 15.5 Å². The highest BCUT2D eigenvalue weighted by molar-refractivity contribution is 5.99. The van der Waals surface area contributed by atoms with Crippen LogP contribution in [0.15, 0.2) is 54.6 Å². The van der Waals surface area contributed by atoms with Crippen molar-refractivity contribution in [1.82, 2.24) is 4.98 Å². The van der Waals surface area contributed by atoms with Gasteiger partial charge in [0.1, 0.15) is 5.69 Å². The molecule has 0 radical (unpaired) electrons. The van der Waals surface area contributed by atoms with Crippen molar-refractivity contribution in [2.24, 2.45) is 5.73 Å². The third-order valence-electron chi connectivity index (χ3n) is 3.70. The van der Waals surface area contributed by atoms with Gasteiger partial charge in [-0.1, -0.05) is 48.5 Å². The van der Waals surface area contributed by atoms with E-state index in [1.807, 2.05) is 54.6 Å². The Hall–Kier alpha value is -2.59. The minimum Gasteiger partial charge on any atom is -0.461 e. The number of H-pyrrole nitrogens is 1. The molecule has 3 aromatic rings. The molecule has 0 bridgehead atoms. The average molecular weight is 294 g/mol. The lowest BCUT2D eigenvalue weighted by Crippen LogP contribution is -2.16. The van der Waals surface area contributed by atoms with Crippen molar-refractivity contribution in [3.63, 3.8) is 0 Å². The smallest absolute Gasteiger partial charge is 0.355 e. The standard InChI is InChI=1S/C18H18N2O2/c1-2-22-18(21)17-15(13-10-6-7-11-14(13)20-17)16(19)12-8-4-3-5-9-12/h3-11,16,20H,2,19H2,1H3. The Morgan fingerprint density at radius 3 is 2.55 bits per heavy atom. The minimum absolute atomic E-state index is 0.328. The summed E-state index contributed by atoms with van der Waals surface area (Å²) in [6, 6.07) is 17.1. The third kappa shape index (κ3) is 2.49. The summed E-state index contributed by atoms with van der Waals surface area (Å²) in [5.41, 5.74) is 9.48. The number of para-hydroxylation sites is 1. The molecule has 0 saturated heterocycles. The van der Waals surface area contributed by atoms with Crippen LogP contribution in [0.4, 0.5) is 0 Å². The number of benzene rings is 2. The molecule has 4 nitrogen and oxygen atoms in total. The first kappa shape index (κ1) is 14.4. The van der Waals surface area contributed by atoms with E-state index in [-0.39, 0.29) is 5.97 Å². The Morgan fingerprint density at radius 2 is 1.82 bits per heavy atom. The lowest BCUT2D eigenvalue weighted by atomic mass is 9.96. The molecular formula is C18H18N2O2. The molecule has 0 saturated carbocycles. The average Bonchev–Trinajstić information content (AvgIpc) is 2.95. The third-order valence-corrected chi connectivity index (χ3v) is 3.70. The fraction of sp³-hybridized carbons (Fsp3) is 0.167. The lowest BCUT2D eigenvalue weighted by Gasteiger charge is -2.13. The summed E-state index contributed by atoms with van der Waals surface area (Å²) in [4.78, 5) is 15.4. The van der Waals surface area contributed by atoms with Gasteiger partial charge in [0.05, 0.1) is 12.6 Å². The summed E-state index contributed by atoms with van der Waals surface area (Å²) in [5, 5.41) is 0.946. The second-order valence-electron chi connectivity index (χ2n) is 5.07. The van der Waals surface area contributed by atoms with Crippen molar-refractivity contribution < 1.29 is 9.53 Å². The summed E-state index contributed by atoms with van der Waals surface area (Å²) in [7, 11) is 0. The number of hydrogen-bond donors (Lipinski definition) is 2. The number of nitrogens with two attached hydrogens (primary N) is 1. The van der Waals surface area contributed by atoms with Crippen LogP contribution >= 0.6 is 0 Å². The highest BCUT2D eigenvalue weighted by atomic mass is 16.5. The van der Waals surface area contributed by atoms with Gasteiger partial charge in [0.15, 0.2) is 0 Å². The molecule has 0 aliphatic rings. The van der Waals surface area contributed by atoms with E-state index < -0.39 is 6.04 Å². The Bertz CT molecular complexity index is 793. The normalized spacial score (nSPS) is 12.3. The molecule has 1 unspecified atom stereocenters. The molecule has 0 fully saturated rings. The zero-order chi connectivity index (χ0) is 15.5. The van der Waals surface area contributed by atoms with Gasteiger partial charge in [-0.25, -0.2) is 4.79 Å². The van der Waals surface area contributed by atoms with E-state index in [1.54, 1.807) is 6.92 Å². The molecule has 3 N–H and O–H groups in total. The maximum atomic E-state index is 12.3.